The molecule has 21 heavy (non-hydrogen) atoms. The minimum atomic E-state index is -0.440. The Hall–Kier alpha value is -0.980. The summed E-state index contributed by atoms with van der Waals surface area (Å²) in [7, 11) is 1.81. The summed E-state index contributed by atoms with van der Waals surface area (Å²) < 4.78 is 0. The maximum Gasteiger partial charge on any atom is 0.265 e. The minimum absolute atomic E-state index is 0.0129. The Morgan fingerprint density at radius 2 is 2.14 bits per heavy atom. The summed E-state index contributed by atoms with van der Waals surface area (Å²) in [5, 5.41) is 10.6. The summed E-state index contributed by atoms with van der Waals surface area (Å²) in [6.07, 6.45) is 3.86. The molecule has 1 saturated heterocycles. The van der Waals surface area contributed by atoms with E-state index in [0.717, 1.165) is 31.6 Å². The predicted molar refractivity (Wildman–Crippen MR) is 82.6 cm³/mol. The Labute approximate surface area is 129 Å². The highest BCUT2D eigenvalue weighted by Gasteiger charge is 2.42. The lowest BCUT2D eigenvalue weighted by Crippen LogP contribution is -2.48. The number of likely N-dealkylation sites (tertiary alicyclic amines) is 1. The van der Waals surface area contributed by atoms with Crippen molar-refractivity contribution >= 4 is 17.2 Å². The predicted octanol–water partition coefficient (Wildman–Crippen LogP) is 1.51. The molecule has 5 nitrogen and oxygen atoms in total. The van der Waals surface area contributed by atoms with Crippen LogP contribution in [0.15, 0.2) is 5.51 Å². The quantitative estimate of drug-likeness (QED) is 0.919. The molecular formula is C15H23N3O2S. The fourth-order valence-corrected chi connectivity index (χ4v) is 4.44. The first-order valence-corrected chi connectivity index (χ1v) is 8.57. The number of likely N-dealkylation sites (N-methyl/N-ethyl adjacent to an activating group) is 1. The number of carbonyl (C=O) groups is 1. The zero-order valence-electron chi connectivity index (χ0n) is 12.7. The number of rotatable bonds is 3. The highest BCUT2D eigenvalue weighted by Crippen LogP contribution is 2.31. The molecule has 3 atom stereocenters. The third-order valence-electron chi connectivity index (χ3n) is 4.91. The van der Waals surface area contributed by atoms with E-state index in [-0.39, 0.29) is 18.0 Å². The van der Waals surface area contributed by atoms with Crippen molar-refractivity contribution in [2.45, 2.75) is 50.8 Å². The van der Waals surface area contributed by atoms with Crippen LogP contribution in [0.5, 0.6) is 0 Å². The number of aryl methyl sites for hydroxylation is 1. The van der Waals surface area contributed by atoms with Gasteiger partial charge >= 0.3 is 0 Å². The topological polar surface area (TPSA) is 56.7 Å². The van der Waals surface area contributed by atoms with Crippen LogP contribution in [0.3, 0.4) is 0 Å². The van der Waals surface area contributed by atoms with Crippen molar-refractivity contribution in [1.29, 1.82) is 0 Å². The van der Waals surface area contributed by atoms with E-state index in [1.165, 1.54) is 24.2 Å². The summed E-state index contributed by atoms with van der Waals surface area (Å²) in [4.78, 5) is 21.5. The summed E-state index contributed by atoms with van der Waals surface area (Å²) in [5.41, 5.74) is 2.48. The number of thiazole rings is 1. The highest BCUT2D eigenvalue weighted by atomic mass is 32.1. The number of aromatic nitrogens is 1. The summed E-state index contributed by atoms with van der Waals surface area (Å²) in [5.74, 6) is -0.0129. The van der Waals surface area contributed by atoms with Crippen molar-refractivity contribution in [2.24, 2.45) is 0 Å². The number of nitrogens with zero attached hydrogens (tertiary/aromatic N) is 3. The van der Waals surface area contributed by atoms with Crippen LogP contribution in [0, 0.1) is 6.92 Å². The normalized spacial score (nSPS) is 30.0. The third kappa shape index (κ3) is 2.72. The maximum absolute atomic E-state index is 12.6. The number of hydrogen-bond donors (Lipinski definition) is 1. The number of hydrogen-bond acceptors (Lipinski definition) is 5. The smallest absolute Gasteiger partial charge is 0.265 e. The second-order valence-corrected chi connectivity index (χ2v) is 6.98. The van der Waals surface area contributed by atoms with E-state index in [2.05, 4.69) is 9.88 Å². The van der Waals surface area contributed by atoms with Crippen molar-refractivity contribution in [2.75, 3.05) is 20.1 Å². The Morgan fingerprint density at radius 1 is 1.43 bits per heavy atom. The molecule has 2 heterocycles. The van der Waals surface area contributed by atoms with E-state index in [4.69, 9.17) is 0 Å². The molecule has 0 aromatic carbocycles. The van der Waals surface area contributed by atoms with Gasteiger partial charge in [-0.05, 0) is 45.7 Å². The molecule has 1 N–H and O–H groups in total. The summed E-state index contributed by atoms with van der Waals surface area (Å²) in [6, 6.07) is 0.139. The van der Waals surface area contributed by atoms with Gasteiger partial charge in [0.25, 0.3) is 5.91 Å². The molecule has 1 aliphatic heterocycles. The van der Waals surface area contributed by atoms with Gasteiger partial charge in [0.05, 0.1) is 23.4 Å². The first-order chi connectivity index (χ1) is 10.1. The van der Waals surface area contributed by atoms with Crippen molar-refractivity contribution < 1.29 is 9.90 Å². The van der Waals surface area contributed by atoms with E-state index in [1.807, 2.05) is 14.0 Å². The van der Waals surface area contributed by atoms with Gasteiger partial charge in [0.2, 0.25) is 0 Å². The van der Waals surface area contributed by atoms with E-state index in [0.29, 0.717) is 4.88 Å². The molecule has 1 amide bonds. The summed E-state index contributed by atoms with van der Waals surface area (Å²) in [6.45, 7) is 4.02. The van der Waals surface area contributed by atoms with Crippen molar-refractivity contribution in [3.05, 3.63) is 16.1 Å². The van der Waals surface area contributed by atoms with Gasteiger partial charge in [-0.1, -0.05) is 0 Å². The zero-order chi connectivity index (χ0) is 15.0. The molecule has 0 bridgehead atoms. The van der Waals surface area contributed by atoms with Crippen LogP contribution in [0.25, 0.3) is 0 Å². The van der Waals surface area contributed by atoms with Crippen molar-refractivity contribution in [3.8, 4) is 0 Å². The molecule has 6 heteroatoms. The molecule has 1 saturated carbocycles. The van der Waals surface area contributed by atoms with Crippen LogP contribution in [-0.2, 0) is 0 Å². The van der Waals surface area contributed by atoms with Gasteiger partial charge in [-0.25, -0.2) is 4.98 Å². The van der Waals surface area contributed by atoms with Gasteiger partial charge in [-0.3, -0.25) is 9.69 Å². The summed E-state index contributed by atoms with van der Waals surface area (Å²) >= 11 is 1.38. The van der Waals surface area contributed by atoms with Crippen molar-refractivity contribution in [1.82, 2.24) is 14.8 Å². The molecule has 2 aliphatic rings. The molecule has 0 radical (unpaired) electrons. The Morgan fingerprint density at radius 3 is 2.76 bits per heavy atom. The first kappa shape index (κ1) is 14.9. The van der Waals surface area contributed by atoms with E-state index < -0.39 is 6.10 Å². The van der Waals surface area contributed by atoms with Crippen molar-refractivity contribution in [3.63, 3.8) is 0 Å². The number of carbonyl (C=O) groups excluding carboxylic acids is 1. The van der Waals surface area contributed by atoms with Crippen LogP contribution in [-0.4, -0.2) is 64.1 Å². The highest BCUT2D eigenvalue weighted by molar-refractivity contribution is 7.11. The number of amides is 1. The largest absolute Gasteiger partial charge is 0.389 e. The van der Waals surface area contributed by atoms with Crippen LogP contribution in [0.1, 0.15) is 41.0 Å². The monoisotopic (exact) mass is 309 g/mol. The zero-order valence-corrected chi connectivity index (χ0v) is 13.5. The van der Waals surface area contributed by atoms with Crippen LogP contribution < -0.4 is 0 Å². The lowest BCUT2D eigenvalue weighted by molar-refractivity contribution is 0.0298. The lowest BCUT2D eigenvalue weighted by atomic mass is 10.1. The first-order valence-electron chi connectivity index (χ1n) is 7.69. The Balaban J connectivity index is 1.69. The molecule has 1 aromatic rings. The average Bonchev–Trinajstić information content (AvgIpc) is 3.17. The van der Waals surface area contributed by atoms with Gasteiger partial charge in [0, 0.05) is 13.1 Å². The Kier molecular flexibility index (Phi) is 4.28. The standard InChI is InChI=1S/C15H23N3O2S/c1-10-14(21-9-16-10)15(20)17(2)11-5-6-12(13(11)19)18-7-3-4-8-18/h9,11-13,19H,3-8H2,1-2H3/t11-,12-,13-/m1/s1. The SMILES string of the molecule is Cc1ncsc1C(=O)N(C)[C@@H]1CC[C@@H](N2CCCC2)[C@@H]1O. The molecular weight excluding hydrogens is 286 g/mol. The van der Waals surface area contributed by atoms with Crippen LogP contribution in [0.4, 0.5) is 0 Å². The fraction of sp³-hybridized carbons (Fsp3) is 0.733. The molecule has 2 fully saturated rings. The van der Waals surface area contributed by atoms with Gasteiger partial charge in [-0.15, -0.1) is 11.3 Å². The lowest BCUT2D eigenvalue weighted by Gasteiger charge is -2.31. The molecule has 1 aromatic heterocycles. The van der Waals surface area contributed by atoms with Crippen LogP contribution in [0.2, 0.25) is 0 Å². The second-order valence-electron chi connectivity index (χ2n) is 6.13. The molecule has 0 unspecified atom stereocenters. The molecule has 3 rings (SSSR count). The maximum atomic E-state index is 12.6. The average molecular weight is 309 g/mol. The molecule has 1 aliphatic carbocycles. The fourth-order valence-electron chi connectivity index (χ4n) is 3.65. The second kappa shape index (κ2) is 6.02. The van der Waals surface area contributed by atoms with E-state index in [9.17, 15) is 9.90 Å². The minimum Gasteiger partial charge on any atom is -0.389 e. The Bertz CT molecular complexity index is 513. The third-order valence-corrected chi connectivity index (χ3v) is 5.83. The van der Waals surface area contributed by atoms with Gasteiger partial charge in [0.15, 0.2) is 0 Å². The number of aliphatic hydroxyl groups excluding tert-OH is 1. The van der Waals surface area contributed by atoms with Gasteiger partial charge in [0.1, 0.15) is 4.88 Å². The van der Waals surface area contributed by atoms with Crippen LogP contribution >= 0.6 is 11.3 Å². The van der Waals surface area contributed by atoms with Gasteiger partial charge < -0.3 is 10.0 Å². The van der Waals surface area contributed by atoms with E-state index >= 15 is 0 Å². The molecule has 0 spiro atoms. The number of aliphatic hydroxyl groups is 1. The van der Waals surface area contributed by atoms with E-state index in [1.54, 1.807) is 10.4 Å². The molecule has 116 valence electrons. The van der Waals surface area contributed by atoms with Gasteiger partial charge in [-0.2, -0.15) is 0 Å².